The molecule has 3 rings (SSSR count). The van der Waals surface area contributed by atoms with E-state index in [-0.39, 0.29) is 11.9 Å². The normalized spacial score (nSPS) is 15.6. The summed E-state index contributed by atoms with van der Waals surface area (Å²) >= 11 is 0. The maximum absolute atomic E-state index is 12.1. The van der Waals surface area contributed by atoms with Crippen molar-refractivity contribution in [1.29, 1.82) is 0 Å². The minimum Gasteiger partial charge on any atom is -0.497 e. The zero-order chi connectivity index (χ0) is 16.8. The van der Waals surface area contributed by atoms with Gasteiger partial charge in [0.15, 0.2) is 0 Å². The maximum Gasteiger partial charge on any atom is 0.220 e. The quantitative estimate of drug-likeness (QED) is 0.790. The zero-order valence-electron chi connectivity index (χ0n) is 14.0. The summed E-state index contributed by atoms with van der Waals surface area (Å²) in [6, 6.07) is 16.0. The third-order valence-electron chi connectivity index (χ3n) is 4.34. The van der Waals surface area contributed by atoms with Crippen LogP contribution in [0.25, 0.3) is 0 Å². The van der Waals surface area contributed by atoms with Crippen LogP contribution in [0.1, 0.15) is 36.4 Å². The molecular weight excluding hydrogens is 302 g/mol. The topological polar surface area (TPSA) is 47.6 Å². The Morgan fingerprint density at radius 2 is 1.88 bits per heavy atom. The van der Waals surface area contributed by atoms with Crippen LogP contribution in [-0.2, 0) is 11.2 Å². The molecule has 1 N–H and O–H groups in total. The SMILES string of the molecule is COc1ccc(OCCCC(=O)NC2CCc3ccccc32)cc1. The van der Waals surface area contributed by atoms with Gasteiger partial charge in [-0.3, -0.25) is 4.79 Å². The summed E-state index contributed by atoms with van der Waals surface area (Å²) in [5.41, 5.74) is 2.62. The van der Waals surface area contributed by atoms with Gasteiger partial charge in [-0.15, -0.1) is 0 Å². The van der Waals surface area contributed by atoms with Gasteiger partial charge in [-0.25, -0.2) is 0 Å². The van der Waals surface area contributed by atoms with Gasteiger partial charge < -0.3 is 14.8 Å². The largest absolute Gasteiger partial charge is 0.497 e. The number of hydrogen-bond donors (Lipinski definition) is 1. The van der Waals surface area contributed by atoms with Crippen LogP contribution in [0.4, 0.5) is 0 Å². The van der Waals surface area contributed by atoms with Crippen molar-refractivity contribution in [1.82, 2.24) is 5.32 Å². The maximum atomic E-state index is 12.1. The molecule has 1 aliphatic carbocycles. The number of amides is 1. The van der Waals surface area contributed by atoms with E-state index in [2.05, 4.69) is 23.5 Å². The fourth-order valence-corrected chi connectivity index (χ4v) is 3.07. The monoisotopic (exact) mass is 325 g/mol. The van der Waals surface area contributed by atoms with Crippen LogP contribution >= 0.6 is 0 Å². The van der Waals surface area contributed by atoms with Crippen LogP contribution in [0, 0.1) is 0 Å². The zero-order valence-corrected chi connectivity index (χ0v) is 14.0. The van der Waals surface area contributed by atoms with Gasteiger partial charge in [-0.05, 0) is 54.7 Å². The summed E-state index contributed by atoms with van der Waals surface area (Å²) in [6.07, 6.45) is 3.22. The molecule has 1 amide bonds. The number of nitrogens with one attached hydrogen (secondary N) is 1. The molecule has 1 aliphatic rings. The van der Waals surface area contributed by atoms with Gasteiger partial charge in [0.1, 0.15) is 11.5 Å². The Balaban J connectivity index is 1.38. The molecule has 4 nitrogen and oxygen atoms in total. The molecule has 0 saturated carbocycles. The first-order valence-corrected chi connectivity index (χ1v) is 8.40. The highest BCUT2D eigenvalue weighted by atomic mass is 16.5. The molecular formula is C20H23NO3. The predicted molar refractivity (Wildman–Crippen MR) is 93.4 cm³/mol. The van der Waals surface area contributed by atoms with Crippen LogP contribution in [0.5, 0.6) is 11.5 Å². The highest BCUT2D eigenvalue weighted by Gasteiger charge is 2.22. The molecule has 0 aromatic heterocycles. The summed E-state index contributed by atoms with van der Waals surface area (Å²) in [5.74, 6) is 1.69. The van der Waals surface area contributed by atoms with Gasteiger partial charge >= 0.3 is 0 Å². The van der Waals surface area contributed by atoms with E-state index in [1.54, 1.807) is 7.11 Å². The smallest absolute Gasteiger partial charge is 0.220 e. The number of aryl methyl sites for hydroxylation is 1. The average molecular weight is 325 g/mol. The van der Waals surface area contributed by atoms with Crippen molar-refractivity contribution in [2.75, 3.05) is 13.7 Å². The number of hydrogen-bond acceptors (Lipinski definition) is 3. The second kappa shape index (κ2) is 7.86. The second-order valence-corrected chi connectivity index (χ2v) is 5.99. The fourth-order valence-electron chi connectivity index (χ4n) is 3.07. The van der Waals surface area contributed by atoms with Crippen molar-refractivity contribution in [3.05, 3.63) is 59.7 Å². The number of ether oxygens (including phenoxy) is 2. The van der Waals surface area contributed by atoms with E-state index in [0.29, 0.717) is 19.4 Å². The van der Waals surface area contributed by atoms with Gasteiger partial charge in [0.2, 0.25) is 5.91 Å². The van der Waals surface area contributed by atoms with E-state index in [0.717, 1.165) is 24.3 Å². The van der Waals surface area contributed by atoms with Crippen molar-refractivity contribution < 1.29 is 14.3 Å². The summed E-state index contributed by atoms with van der Waals surface area (Å²) in [6.45, 7) is 0.529. The number of rotatable bonds is 7. The number of carbonyl (C=O) groups excluding carboxylic acids is 1. The highest BCUT2D eigenvalue weighted by Crippen LogP contribution is 2.30. The number of methoxy groups -OCH3 is 1. The van der Waals surface area contributed by atoms with Gasteiger partial charge in [0.25, 0.3) is 0 Å². The predicted octanol–water partition coefficient (Wildman–Crippen LogP) is 3.66. The summed E-state index contributed by atoms with van der Waals surface area (Å²) < 4.78 is 10.8. The molecule has 0 radical (unpaired) electrons. The Morgan fingerprint density at radius 1 is 1.12 bits per heavy atom. The standard InChI is InChI=1S/C20H23NO3/c1-23-16-9-11-17(12-10-16)24-14-4-7-20(22)21-19-13-8-15-5-2-3-6-18(15)19/h2-3,5-6,9-12,19H,4,7-8,13-14H2,1H3,(H,21,22). The van der Waals surface area contributed by atoms with Crippen LogP contribution in [0.15, 0.2) is 48.5 Å². The lowest BCUT2D eigenvalue weighted by Gasteiger charge is -2.14. The van der Waals surface area contributed by atoms with Gasteiger partial charge in [0, 0.05) is 6.42 Å². The average Bonchev–Trinajstić information content (AvgIpc) is 3.02. The molecule has 4 heteroatoms. The Bertz CT molecular complexity index is 682. The molecule has 0 fully saturated rings. The van der Waals surface area contributed by atoms with Crippen molar-refractivity contribution in [2.24, 2.45) is 0 Å². The van der Waals surface area contributed by atoms with E-state index >= 15 is 0 Å². The lowest BCUT2D eigenvalue weighted by atomic mass is 10.1. The van der Waals surface area contributed by atoms with Gasteiger partial charge in [0.05, 0.1) is 19.8 Å². The third-order valence-corrected chi connectivity index (χ3v) is 4.34. The molecule has 2 aromatic carbocycles. The first kappa shape index (κ1) is 16.4. The molecule has 2 aromatic rings. The number of carbonyl (C=O) groups is 1. The Kier molecular flexibility index (Phi) is 5.36. The van der Waals surface area contributed by atoms with Crippen LogP contribution in [0.2, 0.25) is 0 Å². The van der Waals surface area contributed by atoms with Crippen molar-refractivity contribution in [2.45, 2.75) is 31.7 Å². The Morgan fingerprint density at radius 3 is 2.67 bits per heavy atom. The molecule has 0 bridgehead atoms. The lowest BCUT2D eigenvalue weighted by molar-refractivity contribution is -0.122. The molecule has 0 aliphatic heterocycles. The summed E-state index contributed by atoms with van der Waals surface area (Å²) in [7, 11) is 1.64. The van der Waals surface area contributed by atoms with E-state index in [9.17, 15) is 4.79 Å². The summed E-state index contributed by atoms with van der Waals surface area (Å²) in [5, 5.41) is 3.14. The van der Waals surface area contributed by atoms with Crippen molar-refractivity contribution in [3.8, 4) is 11.5 Å². The van der Waals surface area contributed by atoms with Crippen LogP contribution < -0.4 is 14.8 Å². The van der Waals surface area contributed by atoms with E-state index in [1.807, 2.05) is 30.3 Å². The lowest BCUT2D eigenvalue weighted by Crippen LogP contribution is -2.27. The van der Waals surface area contributed by atoms with Crippen LogP contribution in [-0.4, -0.2) is 19.6 Å². The van der Waals surface area contributed by atoms with E-state index < -0.39 is 0 Å². The van der Waals surface area contributed by atoms with Crippen LogP contribution in [0.3, 0.4) is 0 Å². The Hall–Kier alpha value is -2.49. The molecule has 0 saturated heterocycles. The number of fused-ring (bicyclic) bond motifs is 1. The van der Waals surface area contributed by atoms with Gasteiger partial charge in [-0.1, -0.05) is 24.3 Å². The van der Waals surface area contributed by atoms with Crippen molar-refractivity contribution >= 4 is 5.91 Å². The molecule has 1 unspecified atom stereocenters. The molecule has 1 atom stereocenters. The minimum atomic E-state index is 0.0926. The minimum absolute atomic E-state index is 0.0926. The highest BCUT2D eigenvalue weighted by molar-refractivity contribution is 5.76. The Labute approximate surface area is 142 Å². The fraction of sp³-hybridized carbons (Fsp3) is 0.350. The third kappa shape index (κ3) is 4.07. The first-order chi connectivity index (χ1) is 11.8. The van der Waals surface area contributed by atoms with E-state index in [1.165, 1.54) is 11.1 Å². The second-order valence-electron chi connectivity index (χ2n) is 5.99. The molecule has 24 heavy (non-hydrogen) atoms. The molecule has 0 spiro atoms. The number of benzene rings is 2. The molecule has 0 heterocycles. The van der Waals surface area contributed by atoms with Gasteiger partial charge in [-0.2, -0.15) is 0 Å². The summed E-state index contributed by atoms with van der Waals surface area (Å²) in [4.78, 5) is 12.1. The van der Waals surface area contributed by atoms with Crippen molar-refractivity contribution in [3.63, 3.8) is 0 Å². The first-order valence-electron chi connectivity index (χ1n) is 8.40. The van der Waals surface area contributed by atoms with E-state index in [4.69, 9.17) is 9.47 Å². The molecule has 126 valence electrons.